The number of amides is 1. The molecule has 0 rings (SSSR count). The summed E-state index contributed by atoms with van der Waals surface area (Å²) in [5, 5.41) is 23.3. The van der Waals surface area contributed by atoms with Crippen molar-refractivity contribution < 1.29 is 24.5 Å². The molecule has 0 heterocycles. The van der Waals surface area contributed by atoms with Crippen molar-refractivity contribution in [2.45, 2.75) is 450 Å². The highest BCUT2D eigenvalue weighted by Gasteiger charge is 2.18. The fraction of sp³-hybridized carbons (Fsp3) is 0.878. The molecule has 0 aromatic heterocycles. The number of ether oxygens (including phenoxy) is 1. The molecule has 0 aromatic carbocycles. The smallest absolute Gasteiger partial charge is 0.305 e. The zero-order valence-electron chi connectivity index (χ0n) is 59.5. The molecule has 0 saturated heterocycles. The van der Waals surface area contributed by atoms with E-state index in [9.17, 15) is 19.8 Å². The lowest BCUT2D eigenvalue weighted by molar-refractivity contribution is -0.143. The number of nitrogens with one attached hydrogen (secondary N) is 1. The van der Waals surface area contributed by atoms with Gasteiger partial charge in [0.05, 0.1) is 25.4 Å². The van der Waals surface area contributed by atoms with Gasteiger partial charge in [-0.1, -0.05) is 383 Å². The van der Waals surface area contributed by atoms with Gasteiger partial charge in [0.15, 0.2) is 0 Å². The number of unbranched alkanes of at least 4 members (excludes halogenated alkanes) is 58. The number of esters is 1. The minimum atomic E-state index is -0.844. The number of aliphatic hydroxyl groups is 2. The molecular formula is C82H155NO5. The van der Waals surface area contributed by atoms with Crippen molar-refractivity contribution in [2.24, 2.45) is 0 Å². The third-order valence-corrected chi connectivity index (χ3v) is 18.6. The van der Waals surface area contributed by atoms with E-state index in [-0.39, 0.29) is 18.5 Å². The number of rotatable bonds is 75. The van der Waals surface area contributed by atoms with Crippen molar-refractivity contribution in [2.75, 3.05) is 13.2 Å². The Morgan fingerprint density at radius 2 is 0.568 bits per heavy atom. The fourth-order valence-electron chi connectivity index (χ4n) is 12.5. The van der Waals surface area contributed by atoms with Gasteiger partial charge in [0.25, 0.3) is 0 Å². The molecule has 0 saturated carbocycles. The highest BCUT2D eigenvalue weighted by Crippen LogP contribution is 2.19. The summed E-state index contributed by atoms with van der Waals surface area (Å²) in [4.78, 5) is 24.7. The molecule has 0 fully saturated rings. The monoisotopic (exact) mass is 1230 g/mol. The summed E-state index contributed by atoms with van der Waals surface area (Å²) < 4.78 is 5.51. The summed E-state index contributed by atoms with van der Waals surface area (Å²) in [7, 11) is 0. The van der Waals surface area contributed by atoms with Gasteiger partial charge in [-0.3, -0.25) is 9.59 Å². The normalized spacial score (nSPS) is 12.7. The Balaban J connectivity index is 3.36. The van der Waals surface area contributed by atoms with Crippen molar-refractivity contribution >= 4 is 11.9 Å². The Hall–Kier alpha value is -2.18. The molecule has 518 valence electrons. The maximum Gasteiger partial charge on any atom is 0.305 e. The quantitative estimate of drug-likeness (QED) is 0.0320. The molecular weight excluding hydrogens is 1080 g/mol. The van der Waals surface area contributed by atoms with Crippen molar-refractivity contribution in [3.63, 3.8) is 0 Å². The molecule has 0 aliphatic carbocycles. The van der Waals surface area contributed by atoms with Gasteiger partial charge in [0.1, 0.15) is 0 Å². The van der Waals surface area contributed by atoms with E-state index in [1.807, 2.05) is 6.08 Å². The Bertz CT molecular complexity index is 1470. The van der Waals surface area contributed by atoms with Crippen LogP contribution in [0.15, 0.2) is 48.6 Å². The van der Waals surface area contributed by atoms with Crippen LogP contribution in [0.4, 0.5) is 0 Å². The molecule has 0 aromatic rings. The van der Waals surface area contributed by atoms with Crippen LogP contribution in [0.1, 0.15) is 438 Å². The van der Waals surface area contributed by atoms with E-state index in [4.69, 9.17) is 4.74 Å². The standard InChI is InChI=1S/C82H155NO5/c1-3-5-7-9-11-13-15-17-19-21-38-42-46-50-54-58-62-66-70-74-80(85)79(78-84)83-81(86)75-71-67-63-59-55-51-47-43-40-36-34-32-30-28-26-24-23-25-27-29-31-33-35-37-41-45-49-53-57-61-65-69-73-77-88-82(87)76-72-68-64-60-56-52-48-44-39-22-20-18-16-14-12-10-8-6-4-2/h12,14,18,20,27,29,70,74,79-80,84-85H,3-11,13,15-17,19,21-26,28,30-69,71-73,75-78H2,1-2H3,(H,83,86)/b14-12-,20-18-,29-27-,74-70+. The number of hydrogen-bond donors (Lipinski definition) is 3. The first-order valence-corrected chi connectivity index (χ1v) is 39.9. The van der Waals surface area contributed by atoms with Crippen LogP contribution in [0.3, 0.4) is 0 Å². The van der Waals surface area contributed by atoms with Crippen molar-refractivity contribution in [1.82, 2.24) is 5.32 Å². The summed E-state index contributed by atoms with van der Waals surface area (Å²) in [5.74, 6) is -0.0460. The van der Waals surface area contributed by atoms with Crippen LogP contribution in [0.5, 0.6) is 0 Å². The Kier molecular flexibility index (Phi) is 75.4. The molecule has 0 radical (unpaired) electrons. The van der Waals surface area contributed by atoms with Crippen LogP contribution < -0.4 is 5.32 Å². The molecule has 6 nitrogen and oxygen atoms in total. The molecule has 88 heavy (non-hydrogen) atoms. The van der Waals surface area contributed by atoms with Crippen LogP contribution >= 0.6 is 0 Å². The predicted octanol–water partition coefficient (Wildman–Crippen LogP) is 26.4. The lowest BCUT2D eigenvalue weighted by atomic mass is 10.0. The zero-order chi connectivity index (χ0) is 63.5. The third kappa shape index (κ3) is 72.9. The summed E-state index contributed by atoms with van der Waals surface area (Å²) in [6, 6.07) is -0.627. The predicted molar refractivity (Wildman–Crippen MR) is 389 cm³/mol. The van der Waals surface area contributed by atoms with Gasteiger partial charge in [0.2, 0.25) is 5.91 Å². The molecule has 0 aliphatic heterocycles. The molecule has 2 unspecified atom stereocenters. The largest absolute Gasteiger partial charge is 0.466 e. The van der Waals surface area contributed by atoms with E-state index in [0.717, 1.165) is 51.4 Å². The average molecular weight is 1240 g/mol. The third-order valence-electron chi connectivity index (χ3n) is 18.6. The fourth-order valence-corrected chi connectivity index (χ4v) is 12.5. The Morgan fingerprint density at radius 1 is 0.318 bits per heavy atom. The minimum absolute atomic E-state index is 0.0152. The van der Waals surface area contributed by atoms with Gasteiger partial charge >= 0.3 is 5.97 Å². The highest BCUT2D eigenvalue weighted by atomic mass is 16.5. The lowest BCUT2D eigenvalue weighted by Gasteiger charge is -2.20. The van der Waals surface area contributed by atoms with Gasteiger partial charge in [-0.15, -0.1) is 0 Å². The van der Waals surface area contributed by atoms with Crippen molar-refractivity contribution in [1.29, 1.82) is 0 Å². The van der Waals surface area contributed by atoms with Crippen molar-refractivity contribution in [3.8, 4) is 0 Å². The zero-order valence-corrected chi connectivity index (χ0v) is 59.5. The van der Waals surface area contributed by atoms with E-state index in [1.165, 1.54) is 360 Å². The number of allylic oxidation sites excluding steroid dienone is 7. The van der Waals surface area contributed by atoms with Gasteiger partial charge in [-0.25, -0.2) is 0 Å². The van der Waals surface area contributed by atoms with E-state index >= 15 is 0 Å². The highest BCUT2D eigenvalue weighted by molar-refractivity contribution is 5.76. The Morgan fingerprint density at radius 3 is 0.898 bits per heavy atom. The first-order chi connectivity index (χ1) is 43.5. The van der Waals surface area contributed by atoms with Crippen LogP contribution in [-0.2, 0) is 14.3 Å². The molecule has 6 heteroatoms. The number of carbonyl (C=O) groups excluding carboxylic acids is 2. The second-order valence-electron chi connectivity index (χ2n) is 27.4. The van der Waals surface area contributed by atoms with Gasteiger partial charge in [-0.2, -0.15) is 0 Å². The summed E-state index contributed by atoms with van der Waals surface area (Å²) >= 11 is 0. The van der Waals surface area contributed by atoms with Crippen LogP contribution in [0, 0.1) is 0 Å². The molecule has 2 atom stereocenters. The first-order valence-electron chi connectivity index (χ1n) is 39.9. The maximum absolute atomic E-state index is 12.5. The van der Waals surface area contributed by atoms with E-state index < -0.39 is 12.1 Å². The maximum atomic E-state index is 12.5. The number of carbonyl (C=O) groups is 2. The van der Waals surface area contributed by atoms with Crippen LogP contribution in [-0.4, -0.2) is 47.4 Å². The second kappa shape index (κ2) is 77.3. The van der Waals surface area contributed by atoms with E-state index in [2.05, 4.69) is 55.6 Å². The van der Waals surface area contributed by atoms with Crippen LogP contribution in [0.25, 0.3) is 0 Å². The number of aliphatic hydroxyl groups excluding tert-OH is 2. The topological polar surface area (TPSA) is 95.9 Å². The Labute approximate surface area is 550 Å². The molecule has 1 amide bonds. The summed E-state index contributed by atoms with van der Waals surface area (Å²) in [5.41, 5.74) is 0. The average Bonchev–Trinajstić information content (AvgIpc) is 3.58. The van der Waals surface area contributed by atoms with Gasteiger partial charge < -0.3 is 20.3 Å². The van der Waals surface area contributed by atoms with E-state index in [1.54, 1.807) is 6.08 Å². The summed E-state index contributed by atoms with van der Waals surface area (Å²) in [6.07, 6.45) is 102. The van der Waals surface area contributed by atoms with Gasteiger partial charge in [-0.05, 0) is 89.9 Å². The molecule has 0 bridgehead atoms. The second-order valence-corrected chi connectivity index (χ2v) is 27.4. The molecule has 0 spiro atoms. The first kappa shape index (κ1) is 85.8. The lowest BCUT2D eigenvalue weighted by Crippen LogP contribution is -2.45. The minimum Gasteiger partial charge on any atom is -0.466 e. The molecule has 3 N–H and O–H groups in total. The van der Waals surface area contributed by atoms with Crippen molar-refractivity contribution in [3.05, 3.63) is 48.6 Å². The summed E-state index contributed by atoms with van der Waals surface area (Å²) in [6.45, 7) is 4.92. The SMILES string of the molecule is CCCCC/C=C\C/C=C\CCCCCCCCCCCC(=O)OCCCCCCCCCCCCCC/C=C\CCCCCCCCCCCCCCCCCCCC(=O)NC(CO)C(O)/C=C/CCCCCCCCCCCCCCCCCCC. The van der Waals surface area contributed by atoms with E-state index in [0.29, 0.717) is 19.4 Å². The number of hydrogen-bond acceptors (Lipinski definition) is 5. The van der Waals surface area contributed by atoms with Gasteiger partial charge in [0, 0.05) is 12.8 Å². The molecule has 0 aliphatic rings. The van der Waals surface area contributed by atoms with Crippen LogP contribution in [0.2, 0.25) is 0 Å².